The number of thiazole rings is 1. The first kappa shape index (κ1) is 15.3. The average Bonchev–Trinajstić information content (AvgIpc) is 2.97. The molecule has 0 saturated carbocycles. The fourth-order valence-corrected chi connectivity index (χ4v) is 3.17. The first-order valence-electron chi connectivity index (χ1n) is 7.02. The van der Waals surface area contributed by atoms with Crippen LogP contribution in [0.2, 0.25) is 0 Å². The lowest BCUT2D eigenvalue weighted by Gasteiger charge is -2.12. The van der Waals surface area contributed by atoms with Gasteiger partial charge in [-0.2, -0.15) is 0 Å². The number of hydrogen-bond acceptors (Lipinski definition) is 5. The molecule has 0 atom stereocenters. The SMILES string of the molecule is COc1cc(C(=O)Nc2nc3ccccc3s2)cc(OC)c1C. The number of para-hydroxylation sites is 1. The zero-order valence-corrected chi connectivity index (χ0v) is 13.9. The fraction of sp³-hybridized carbons (Fsp3) is 0.176. The number of aromatic nitrogens is 1. The fourth-order valence-electron chi connectivity index (χ4n) is 2.31. The van der Waals surface area contributed by atoms with Crippen molar-refractivity contribution in [2.24, 2.45) is 0 Å². The lowest BCUT2D eigenvalue weighted by molar-refractivity contribution is 0.102. The second-order valence-electron chi connectivity index (χ2n) is 4.95. The summed E-state index contributed by atoms with van der Waals surface area (Å²) in [5.74, 6) is 0.971. The number of hydrogen-bond donors (Lipinski definition) is 1. The molecule has 0 fully saturated rings. The maximum absolute atomic E-state index is 12.5. The number of benzene rings is 2. The summed E-state index contributed by atoms with van der Waals surface area (Å²) >= 11 is 1.44. The van der Waals surface area contributed by atoms with Crippen LogP contribution in [0.3, 0.4) is 0 Å². The molecule has 3 aromatic rings. The highest BCUT2D eigenvalue weighted by atomic mass is 32.1. The standard InChI is InChI=1S/C17H16N2O3S/c1-10-13(21-2)8-11(9-14(10)22-3)16(20)19-17-18-12-6-4-5-7-15(12)23-17/h4-9H,1-3H3,(H,18,19,20). The number of carbonyl (C=O) groups is 1. The number of carbonyl (C=O) groups excluding carboxylic acids is 1. The molecule has 1 aromatic heterocycles. The molecule has 0 radical (unpaired) electrons. The van der Waals surface area contributed by atoms with Crippen LogP contribution in [0.4, 0.5) is 5.13 Å². The van der Waals surface area contributed by atoms with Gasteiger partial charge in [-0.15, -0.1) is 0 Å². The summed E-state index contributed by atoms with van der Waals surface area (Å²) in [7, 11) is 3.13. The van der Waals surface area contributed by atoms with Crippen molar-refractivity contribution < 1.29 is 14.3 Å². The maximum Gasteiger partial charge on any atom is 0.257 e. The number of fused-ring (bicyclic) bond motifs is 1. The minimum Gasteiger partial charge on any atom is -0.496 e. The molecule has 5 nitrogen and oxygen atoms in total. The molecule has 23 heavy (non-hydrogen) atoms. The minimum atomic E-state index is -0.249. The molecule has 1 N–H and O–H groups in total. The Hall–Kier alpha value is -2.60. The van der Waals surface area contributed by atoms with Gasteiger partial charge in [0.05, 0.1) is 24.4 Å². The molecule has 2 aromatic carbocycles. The van der Waals surface area contributed by atoms with E-state index in [4.69, 9.17) is 9.47 Å². The van der Waals surface area contributed by atoms with Gasteiger partial charge in [-0.1, -0.05) is 23.5 Å². The Morgan fingerprint density at radius 3 is 2.39 bits per heavy atom. The monoisotopic (exact) mass is 328 g/mol. The van der Waals surface area contributed by atoms with E-state index in [1.54, 1.807) is 26.4 Å². The van der Waals surface area contributed by atoms with Gasteiger partial charge < -0.3 is 9.47 Å². The highest BCUT2D eigenvalue weighted by molar-refractivity contribution is 7.22. The van der Waals surface area contributed by atoms with Crippen LogP contribution in [-0.4, -0.2) is 25.1 Å². The number of anilines is 1. The first-order valence-corrected chi connectivity index (χ1v) is 7.83. The molecule has 0 unspecified atom stereocenters. The Balaban J connectivity index is 1.90. The van der Waals surface area contributed by atoms with E-state index < -0.39 is 0 Å². The number of methoxy groups -OCH3 is 2. The van der Waals surface area contributed by atoms with Crippen LogP contribution in [0.15, 0.2) is 36.4 Å². The smallest absolute Gasteiger partial charge is 0.257 e. The lowest BCUT2D eigenvalue weighted by Crippen LogP contribution is -2.12. The highest BCUT2D eigenvalue weighted by Crippen LogP contribution is 2.30. The van der Waals surface area contributed by atoms with E-state index in [1.807, 2.05) is 31.2 Å². The molecule has 6 heteroatoms. The zero-order valence-electron chi connectivity index (χ0n) is 13.0. The summed E-state index contributed by atoms with van der Waals surface area (Å²) in [6.07, 6.45) is 0. The zero-order chi connectivity index (χ0) is 16.4. The van der Waals surface area contributed by atoms with Crippen LogP contribution in [0.5, 0.6) is 11.5 Å². The summed E-state index contributed by atoms with van der Waals surface area (Å²) in [5.41, 5.74) is 2.18. The van der Waals surface area contributed by atoms with Gasteiger partial charge in [0.2, 0.25) is 0 Å². The van der Waals surface area contributed by atoms with E-state index >= 15 is 0 Å². The third-order valence-electron chi connectivity index (χ3n) is 3.53. The molecule has 0 aliphatic heterocycles. The van der Waals surface area contributed by atoms with Crippen molar-refractivity contribution in [2.75, 3.05) is 19.5 Å². The quantitative estimate of drug-likeness (QED) is 0.790. The van der Waals surface area contributed by atoms with Crippen LogP contribution in [0, 0.1) is 6.92 Å². The second kappa shape index (κ2) is 6.26. The molecular weight excluding hydrogens is 312 g/mol. The lowest BCUT2D eigenvalue weighted by atomic mass is 10.1. The van der Waals surface area contributed by atoms with Crippen LogP contribution in [-0.2, 0) is 0 Å². The third kappa shape index (κ3) is 2.98. The molecule has 1 heterocycles. The number of nitrogens with one attached hydrogen (secondary N) is 1. The summed E-state index contributed by atoms with van der Waals surface area (Å²) < 4.78 is 11.6. The van der Waals surface area contributed by atoms with Gasteiger partial charge in [0.1, 0.15) is 11.5 Å². The van der Waals surface area contributed by atoms with Crippen molar-refractivity contribution in [1.82, 2.24) is 4.98 Å². The van der Waals surface area contributed by atoms with E-state index in [-0.39, 0.29) is 5.91 Å². The van der Waals surface area contributed by atoms with Gasteiger partial charge >= 0.3 is 0 Å². The molecule has 3 rings (SSSR count). The second-order valence-corrected chi connectivity index (χ2v) is 5.98. The van der Waals surface area contributed by atoms with Gasteiger partial charge in [-0.3, -0.25) is 10.1 Å². The summed E-state index contributed by atoms with van der Waals surface area (Å²) in [4.78, 5) is 16.9. The van der Waals surface area contributed by atoms with E-state index in [0.717, 1.165) is 15.8 Å². The Morgan fingerprint density at radius 1 is 1.13 bits per heavy atom. The molecular formula is C17H16N2O3S. The Labute approximate surface area is 137 Å². The minimum absolute atomic E-state index is 0.249. The number of amides is 1. The van der Waals surface area contributed by atoms with Crippen LogP contribution in [0.25, 0.3) is 10.2 Å². The van der Waals surface area contributed by atoms with Crippen LogP contribution < -0.4 is 14.8 Å². The molecule has 0 spiro atoms. The summed E-state index contributed by atoms with van der Waals surface area (Å²) in [6, 6.07) is 11.1. The Bertz CT molecular complexity index is 815. The van der Waals surface area contributed by atoms with Gasteiger partial charge in [-0.05, 0) is 31.2 Å². The molecule has 0 bridgehead atoms. The first-order chi connectivity index (χ1) is 11.1. The average molecular weight is 328 g/mol. The van der Waals surface area contributed by atoms with Gasteiger partial charge in [0.15, 0.2) is 5.13 Å². The van der Waals surface area contributed by atoms with Crippen LogP contribution in [0.1, 0.15) is 15.9 Å². The predicted molar refractivity (Wildman–Crippen MR) is 91.9 cm³/mol. The maximum atomic E-state index is 12.5. The predicted octanol–water partition coefficient (Wildman–Crippen LogP) is 3.87. The number of nitrogens with zero attached hydrogens (tertiary/aromatic N) is 1. The van der Waals surface area contributed by atoms with Gasteiger partial charge in [0.25, 0.3) is 5.91 Å². The Morgan fingerprint density at radius 2 is 1.78 bits per heavy atom. The topological polar surface area (TPSA) is 60.5 Å². The third-order valence-corrected chi connectivity index (χ3v) is 4.48. The largest absolute Gasteiger partial charge is 0.496 e. The Kier molecular flexibility index (Phi) is 4.16. The molecule has 118 valence electrons. The summed E-state index contributed by atoms with van der Waals surface area (Å²) in [6.45, 7) is 1.88. The molecule has 0 saturated heterocycles. The van der Waals surface area contributed by atoms with E-state index in [2.05, 4.69) is 10.3 Å². The van der Waals surface area contributed by atoms with E-state index in [9.17, 15) is 4.79 Å². The van der Waals surface area contributed by atoms with E-state index in [0.29, 0.717) is 22.2 Å². The number of ether oxygens (including phenoxy) is 2. The molecule has 0 aliphatic carbocycles. The van der Waals surface area contributed by atoms with Crippen molar-refractivity contribution in [3.8, 4) is 11.5 Å². The van der Waals surface area contributed by atoms with Crippen molar-refractivity contribution in [3.63, 3.8) is 0 Å². The molecule has 0 aliphatic rings. The summed E-state index contributed by atoms with van der Waals surface area (Å²) in [5, 5.41) is 3.39. The van der Waals surface area contributed by atoms with Crippen molar-refractivity contribution >= 4 is 32.6 Å². The number of rotatable bonds is 4. The van der Waals surface area contributed by atoms with E-state index in [1.165, 1.54) is 11.3 Å². The van der Waals surface area contributed by atoms with Crippen LogP contribution >= 0.6 is 11.3 Å². The highest BCUT2D eigenvalue weighted by Gasteiger charge is 2.15. The van der Waals surface area contributed by atoms with Gasteiger partial charge in [0, 0.05) is 11.1 Å². The van der Waals surface area contributed by atoms with Crippen molar-refractivity contribution in [3.05, 3.63) is 47.5 Å². The normalized spacial score (nSPS) is 10.6. The van der Waals surface area contributed by atoms with Crippen molar-refractivity contribution in [2.45, 2.75) is 6.92 Å². The van der Waals surface area contributed by atoms with Gasteiger partial charge in [-0.25, -0.2) is 4.98 Å². The van der Waals surface area contributed by atoms with Crippen molar-refractivity contribution in [1.29, 1.82) is 0 Å². The molecule has 1 amide bonds.